The van der Waals surface area contributed by atoms with E-state index in [-0.39, 0.29) is 5.91 Å². The van der Waals surface area contributed by atoms with Gasteiger partial charge in [-0.1, -0.05) is 17.4 Å². The van der Waals surface area contributed by atoms with Crippen LogP contribution in [-0.2, 0) is 0 Å². The molecule has 0 bridgehead atoms. The molecule has 0 radical (unpaired) electrons. The second-order valence-electron chi connectivity index (χ2n) is 6.81. The lowest BCUT2D eigenvalue weighted by molar-refractivity contribution is 0.102. The summed E-state index contributed by atoms with van der Waals surface area (Å²) < 4.78 is 7.95. The van der Waals surface area contributed by atoms with E-state index in [1.54, 1.807) is 17.9 Å². The van der Waals surface area contributed by atoms with Crippen molar-refractivity contribution in [2.75, 3.05) is 31.4 Å². The number of aryl methyl sites for hydroxylation is 1. The number of ether oxygens (including phenoxy) is 1. The van der Waals surface area contributed by atoms with Crippen molar-refractivity contribution in [3.05, 3.63) is 59.8 Å². The zero-order chi connectivity index (χ0) is 20.5. The van der Waals surface area contributed by atoms with Gasteiger partial charge in [-0.05, 0) is 43.3 Å². The van der Waals surface area contributed by atoms with Gasteiger partial charge in [0, 0.05) is 31.4 Å². The van der Waals surface area contributed by atoms with Crippen LogP contribution >= 0.6 is 11.3 Å². The van der Waals surface area contributed by atoms with Gasteiger partial charge in [0.25, 0.3) is 5.91 Å². The van der Waals surface area contributed by atoms with E-state index in [0.29, 0.717) is 16.5 Å². The highest BCUT2D eigenvalue weighted by molar-refractivity contribution is 7.20. The van der Waals surface area contributed by atoms with Crippen LogP contribution in [-0.4, -0.2) is 41.9 Å². The van der Waals surface area contributed by atoms with Gasteiger partial charge < -0.3 is 15.0 Å². The topological polar surface area (TPSA) is 72.3 Å². The molecule has 4 rings (SSSR count). The number of aromatic nitrogens is 3. The van der Waals surface area contributed by atoms with E-state index in [1.165, 1.54) is 11.3 Å². The largest absolute Gasteiger partial charge is 0.497 e. The van der Waals surface area contributed by atoms with Gasteiger partial charge in [0.15, 0.2) is 0 Å². The zero-order valence-corrected chi connectivity index (χ0v) is 17.4. The Morgan fingerprint density at radius 3 is 2.76 bits per heavy atom. The van der Waals surface area contributed by atoms with Crippen LogP contribution in [0.5, 0.6) is 5.75 Å². The van der Waals surface area contributed by atoms with E-state index in [9.17, 15) is 4.79 Å². The number of hydrogen-bond acceptors (Lipinski definition) is 6. The third kappa shape index (κ3) is 3.79. The number of thiazole rings is 1. The molecule has 0 atom stereocenters. The summed E-state index contributed by atoms with van der Waals surface area (Å²) in [6.45, 7) is 1.88. The molecule has 0 saturated heterocycles. The standard InChI is InChI=1S/C21H21N5O2S/c1-13-10-19(23-20(27)14-6-5-7-15(11-14)25(2)3)26(24-13)21-22-17-9-8-16(28-4)12-18(17)29-21/h5-12H,1-4H3,(H,23,27). The number of amides is 1. The van der Waals surface area contributed by atoms with Crippen molar-refractivity contribution < 1.29 is 9.53 Å². The van der Waals surface area contributed by atoms with E-state index >= 15 is 0 Å². The number of benzene rings is 2. The van der Waals surface area contributed by atoms with Crippen LogP contribution in [0.15, 0.2) is 48.5 Å². The van der Waals surface area contributed by atoms with Crippen LogP contribution in [0.25, 0.3) is 15.3 Å². The Hall–Kier alpha value is -3.39. The van der Waals surface area contributed by atoms with Crippen molar-refractivity contribution in [3.8, 4) is 10.9 Å². The Morgan fingerprint density at radius 2 is 2.00 bits per heavy atom. The summed E-state index contributed by atoms with van der Waals surface area (Å²) in [6, 6.07) is 15.0. The smallest absolute Gasteiger partial charge is 0.256 e. The zero-order valence-electron chi connectivity index (χ0n) is 16.6. The summed E-state index contributed by atoms with van der Waals surface area (Å²) >= 11 is 1.49. The van der Waals surface area contributed by atoms with E-state index in [0.717, 1.165) is 27.3 Å². The second kappa shape index (κ2) is 7.56. The number of hydrogen-bond donors (Lipinski definition) is 1. The molecule has 8 heteroatoms. The number of nitrogens with one attached hydrogen (secondary N) is 1. The third-order valence-electron chi connectivity index (χ3n) is 4.46. The van der Waals surface area contributed by atoms with Crippen molar-refractivity contribution >= 4 is 39.0 Å². The lowest BCUT2D eigenvalue weighted by Crippen LogP contribution is -2.16. The van der Waals surface area contributed by atoms with Crippen molar-refractivity contribution in [2.45, 2.75) is 6.92 Å². The molecule has 1 N–H and O–H groups in total. The average molecular weight is 407 g/mol. The monoisotopic (exact) mass is 407 g/mol. The third-order valence-corrected chi connectivity index (χ3v) is 5.46. The van der Waals surface area contributed by atoms with Crippen LogP contribution in [0.3, 0.4) is 0 Å². The van der Waals surface area contributed by atoms with Crippen molar-refractivity contribution in [1.82, 2.24) is 14.8 Å². The van der Waals surface area contributed by atoms with E-state index in [4.69, 9.17) is 4.74 Å². The summed E-state index contributed by atoms with van der Waals surface area (Å²) in [5.74, 6) is 1.16. The Morgan fingerprint density at radius 1 is 1.17 bits per heavy atom. The van der Waals surface area contributed by atoms with Crippen molar-refractivity contribution in [2.24, 2.45) is 0 Å². The molecule has 29 heavy (non-hydrogen) atoms. The summed E-state index contributed by atoms with van der Waals surface area (Å²) in [7, 11) is 5.52. The number of rotatable bonds is 5. The Kier molecular flexibility index (Phi) is 4.94. The average Bonchev–Trinajstić information content (AvgIpc) is 3.30. The van der Waals surface area contributed by atoms with Crippen molar-refractivity contribution in [1.29, 1.82) is 0 Å². The molecule has 0 spiro atoms. The first-order valence-electron chi connectivity index (χ1n) is 9.05. The molecule has 0 unspecified atom stereocenters. The van der Waals surface area contributed by atoms with Gasteiger partial charge in [0.05, 0.1) is 23.0 Å². The van der Waals surface area contributed by atoms with Crippen LogP contribution in [0.1, 0.15) is 16.1 Å². The number of methoxy groups -OCH3 is 1. The maximum absolute atomic E-state index is 12.8. The molecule has 0 aliphatic heterocycles. The van der Waals surface area contributed by atoms with Gasteiger partial charge in [0.2, 0.25) is 5.13 Å². The second-order valence-corrected chi connectivity index (χ2v) is 7.82. The fraction of sp³-hybridized carbons (Fsp3) is 0.190. The molecule has 2 heterocycles. The van der Waals surface area contributed by atoms with Gasteiger partial charge in [-0.25, -0.2) is 4.98 Å². The minimum absolute atomic E-state index is 0.197. The van der Waals surface area contributed by atoms with Gasteiger partial charge in [-0.15, -0.1) is 0 Å². The quantitative estimate of drug-likeness (QED) is 0.539. The highest BCUT2D eigenvalue weighted by Gasteiger charge is 2.16. The minimum Gasteiger partial charge on any atom is -0.497 e. The molecule has 2 aromatic heterocycles. The van der Waals surface area contributed by atoms with Crippen LogP contribution in [0.4, 0.5) is 11.5 Å². The molecule has 0 fully saturated rings. The minimum atomic E-state index is -0.197. The number of carbonyl (C=O) groups excluding carboxylic acids is 1. The lowest BCUT2D eigenvalue weighted by Gasteiger charge is -2.13. The molecule has 2 aromatic carbocycles. The summed E-state index contributed by atoms with van der Waals surface area (Å²) in [6.07, 6.45) is 0. The number of nitrogens with zero attached hydrogens (tertiary/aromatic N) is 4. The Bertz CT molecular complexity index is 1190. The number of fused-ring (bicyclic) bond motifs is 1. The summed E-state index contributed by atoms with van der Waals surface area (Å²) in [5, 5.41) is 8.17. The number of anilines is 2. The highest BCUT2D eigenvalue weighted by atomic mass is 32.1. The summed E-state index contributed by atoms with van der Waals surface area (Å²) in [4.78, 5) is 19.4. The molecule has 0 aliphatic rings. The SMILES string of the molecule is COc1ccc2nc(-n3nc(C)cc3NC(=O)c3cccc(N(C)C)c3)sc2c1. The van der Waals surface area contributed by atoms with Crippen LogP contribution in [0, 0.1) is 6.92 Å². The maximum Gasteiger partial charge on any atom is 0.256 e. The molecule has 0 aliphatic carbocycles. The molecule has 148 valence electrons. The van der Waals surface area contributed by atoms with Gasteiger partial charge in [-0.3, -0.25) is 4.79 Å². The van der Waals surface area contributed by atoms with Crippen LogP contribution < -0.4 is 15.0 Å². The van der Waals surface area contributed by atoms with E-state index in [2.05, 4.69) is 15.4 Å². The van der Waals surface area contributed by atoms with Gasteiger partial charge in [0.1, 0.15) is 11.6 Å². The summed E-state index contributed by atoms with van der Waals surface area (Å²) in [5.41, 5.74) is 3.19. The molecular weight excluding hydrogens is 386 g/mol. The van der Waals surface area contributed by atoms with E-state index in [1.807, 2.05) is 68.4 Å². The fourth-order valence-electron chi connectivity index (χ4n) is 2.96. The van der Waals surface area contributed by atoms with Gasteiger partial charge >= 0.3 is 0 Å². The molecule has 4 aromatic rings. The van der Waals surface area contributed by atoms with Gasteiger partial charge in [-0.2, -0.15) is 9.78 Å². The predicted octanol–water partition coefficient (Wildman–Crippen LogP) is 4.12. The molecular formula is C21H21N5O2S. The predicted molar refractivity (Wildman–Crippen MR) is 117 cm³/mol. The van der Waals surface area contributed by atoms with Crippen molar-refractivity contribution in [3.63, 3.8) is 0 Å². The maximum atomic E-state index is 12.8. The Labute approximate surface area is 172 Å². The molecule has 0 saturated carbocycles. The first-order valence-corrected chi connectivity index (χ1v) is 9.86. The molecule has 7 nitrogen and oxygen atoms in total. The Balaban J connectivity index is 1.67. The normalized spacial score (nSPS) is 10.9. The number of carbonyl (C=O) groups is 1. The molecule has 1 amide bonds. The lowest BCUT2D eigenvalue weighted by atomic mass is 10.2. The highest BCUT2D eigenvalue weighted by Crippen LogP contribution is 2.30. The first kappa shape index (κ1) is 18.9. The van der Waals surface area contributed by atoms with E-state index < -0.39 is 0 Å². The first-order chi connectivity index (χ1) is 13.9. The van der Waals surface area contributed by atoms with Crippen LogP contribution in [0.2, 0.25) is 0 Å². The fourth-order valence-corrected chi connectivity index (χ4v) is 3.92.